The fraction of sp³-hybridized carbons (Fsp3) is 0.400. The number of alkyl halides is 3. The Labute approximate surface area is 99.1 Å². The van der Waals surface area contributed by atoms with Crippen molar-refractivity contribution in [2.24, 2.45) is 0 Å². The summed E-state index contributed by atoms with van der Waals surface area (Å²) in [5.41, 5.74) is 4.69. The zero-order valence-electron chi connectivity index (χ0n) is 9.21. The number of nitrogen functional groups attached to an aromatic ring is 1. The number of benzene rings is 1. The molecule has 0 heterocycles. The second kappa shape index (κ2) is 4.30. The molecule has 7 heteroatoms. The van der Waals surface area contributed by atoms with E-state index in [0.29, 0.717) is 0 Å². The lowest BCUT2D eigenvalue weighted by molar-refractivity contribution is -0.137. The SMILES string of the molecule is CC(C)(c1ccc(C(F)(F)F)cc1N)S(=O)O. The van der Waals surface area contributed by atoms with E-state index in [1.807, 2.05) is 0 Å². The lowest BCUT2D eigenvalue weighted by Gasteiger charge is -2.23. The van der Waals surface area contributed by atoms with E-state index in [1.54, 1.807) is 0 Å². The molecule has 0 amide bonds. The van der Waals surface area contributed by atoms with Gasteiger partial charge in [0.2, 0.25) is 0 Å². The summed E-state index contributed by atoms with van der Waals surface area (Å²) >= 11 is -2.23. The van der Waals surface area contributed by atoms with Gasteiger partial charge in [-0.15, -0.1) is 0 Å². The lowest BCUT2D eigenvalue weighted by Crippen LogP contribution is -2.25. The average Bonchev–Trinajstić information content (AvgIpc) is 2.15. The Morgan fingerprint density at radius 3 is 2.18 bits per heavy atom. The summed E-state index contributed by atoms with van der Waals surface area (Å²) < 4.78 is 56.1. The third-order valence-electron chi connectivity index (χ3n) is 2.46. The second-order valence-electron chi connectivity index (χ2n) is 4.06. The van der Waals surface area contributed by atoms with Crippen LogP contribution in [0.2, 0.25) is 0 Å². The topological polar surface area (TPSA) is 63.3 Å². The molecule has 3 nitrogen and oxygen atoms in total. The molecule has 96 valence electrons. The van der Waals surface area contributed by atoms with Gasteiger partial charge in [0.1, 0.15) is 0 Å². The predicted molar refractivity (Wildman–Crippen MR) is 59.7 cm³/mol. The molecule has 0 fully saturated rings. The summed E-state index contributed by atoms with van der Waals surface area (Å²) in [6.45, 7) is 2.87. The Hall–Kier alpha value is -1.08. The van der Waals surface area contributed by atoms with Crippen LogP contribution in [-0.4, -0.2) is 8.76 Å². The van der Waals surface area contributed by atoms with Gasteiger partial charge >= 0.3 is 6.18 Å². The van der Waals surface area contributed by atoms with E-state index in [4.69, 9.17) is 10.3 Å². The van der Waals surface area contributed by atoms with Crippen molar-refractivity contribution in [3.8, 4) is 0 Å². The Kier molecular flexibility index (Phi) is 3.54. The molecule has 0 radical (unpaired) electrons. The van der Waals surface area contributed by atoms with Crippen LogP contribution in [0.5, 0.6) is 0 Å². The van der Waals surface area contributed by atoms with Crippen molar-refractivity contribution in [1.82, 2.24) is 0 Å². The molecule has 0 saturated heterocycles. The van der Waals surface area contributed by atoms with Crippen LogP contribution in [0, 0.1) is 0 Å². The molecular weight excluding hydrogens is 255 g/mol. The molecule has 1 aromatic carbocycles. The standard InChI is InChI=1S/C10H12F3NO2S/c1-9(2,17(15)16)7-4-3-6(5-8(7)14)10(11,12)13/h3-5H,14H2,1-2H3,(H,15,16). The van der Waals surface area contributed by atoms with Gasteiger partial charge in [-0.25, -0.2) is 4.21 Å². The predicted octanol–water partition coefficient (Wildman–Crippen LogP) is 2.74. The minimum absolute atomic E-state index is 0.146. The van der Waals surface area contributed by atoms with Crippen molar-refractivity contribution in [1.29, 1.82) is 0 Å². The van der Waals surface area contributed by atoms with E-state index >= 15 is 0 Å². The molecule has 0 bridgehead atoms. The first kappa shape index (κ1) is 14.0. The van der Waals surface area contributed by atoms with Crippen LogP contribution >= 0.6 is 0 Å². The van der Waals surface area contributed by atoms with Gasteiger partial charge < -0.3 is 10.3 Å². The maximum absolute atomic E-state index is 12.4. The summed E-state index contributed by atoms with van der Waals surface area (Å²) in [7, 11) is 0. The van der Waals surface area contributed by atoms with E-state index in [-0.39, 0.29) is 11.3 Å². The third kappa shape index (κ3) is 2.78. The zero-order chi connectivity index (χ0) is 13.4. The van der Waals surface area contributed by atoms with Crippen LogP contribution in [0.1, 0.15) is 25.0 Å². The molecule has 0 aliphatic rings. The first-order chi connectivity index (χ1) is 7.56. The molecule has 0 aromatic heterocycles. The minimum atomic E-state index is -4.48. The minimum Gasteiger partial charge on any atom is -0.398 e. The van der Waals surface area contributed by atoms with E-state index in [1.165, 1.54) is 13.8 Å². The highest BCUT2D eigenvalue weighted by molar-refractivity contribution is 7.80. The van der Waals surface area contributed by atoms with E-state index < -0.39 is 27.6 Å². The third-order valence-corrected chi connectivity index (χ3v) is 3.56. The van der Waals surface area contributed by atoms with Crippen molar-refractivity contribution in [3.63, 3.8) is 0 Å². The number of rotatable bonds is 2. The smallest absolute Gasteiger partial charge is 0.398 e. The zero-order valence-corrected chi connectivity index (χ0v) is 10.0. The van der Waals surface area contributed by atoms with Crippen LogP contribution < -0.4 is 5.73 Å². The Morgan fingerprint density at radius 1 is 1.29 bits per heavy atom. The van der Waals surface area contributed by atoms with E-state index in [0.717, 1.165) is 18.2 Å². The molecule has 0 aliphatic carbocycles. The molecular formula is C10H12F3NO2S. The lowest BCUT2D eigenvalue weighted by atomic mass is 9.98. The highest BCUT2D eigenvalue weighted by Gasteiger charge is 2.34. The number of hydrogen-bond donors (Lipinski definition) is 2. The van der Waals surface area contributed by atoms with Crippen molar-refractivity contribution in [2.75, 3.05) is 5.73 Å². The van der Waals surface area contributed by atoms with Crippen LogP contribution in [0.25, 0.3) is 0 Å². The fourth-order valence-corrected chi connectivity index (χ4v) is 1.76. The van der Waals surface area contributed by atoms with Gasteiger partial charge in [0.25, 0.3) is 0 Å². The number of anilines is 1. The number of halogens is 3. The Morgan fingerprint density at radius 2 is 1.82 bits per heavy atom. The van der Waals surface area contributed by atoms with Crippen LogP contribution in [-0.2, 0) is 22.0 Å². The fourth-order valence-electron chi connectivity index (χ4n) is 1.38. The van der Waals surface area contributed by atoms with Crippen LogP contribution in [0.4, 0.5) is 18.9 Å². The quantitative estimate of drug-likeness (QED) is 0.639. The van der Waals surface area contributed by atoms with E-state index in [9.17, 15) is 17.4 Å². The van der Waals surface area contributed by atoms with Crippen LogP contribution in [0.15, 0.2) is 18.2 Å². The highest BCUT2D eigenvalue weighted by Crippen LogP contribution is 2.36. The van der Waals surface area contributed by atoms with Gasteiger partial charge in [0.05, 0.1) is 10.3 Å². The van der Waals surface area contributed by atoms with Crippen LogP contribution in [0.3, 0.4) is 0 Å². The normalized spacial score (nSPS) is 14.7. The molecule has 0 aliphatic heterocycles. The van der Waals surface area contributed by atoms with Gasteiger partial charge in [-0.1, -0.05) is 6.07 Å². The molecule has 1 atom stereocenters. The molecule has 3 N–H and O–H groups in total. The maximum atomic E-state index is 12.4. The Bertz CT molecular complexity index is 457. The molecule has 1 aromatic rings. The van der Waals surface area contributed by atoms with Crippen molar-refractivity contribution in [2.45, 2.75) is 24.8 Å². The first-order valence-corrected chi connectivity index (χ1v) is 5.75. The summed E-state index contributed by atoms with van der Waals surface area (Å²) in [6.07, 6.45) is -4.48. The largest absolute Gasteiger partial charge is 0.416 e. The monoisotopic (exact) mass is 267 g/mol. The average molecular weight is 267 g/mol. The summed E-state index contributed by atoms with van der Waals surface area (Å²) in [5, 5.41) is 0. The molecule has 1 rings (SSSR count). The van der Waals surface area contributed by atoms with Gasteiger partial charge in [-0.05, 0) is 31.5 Å². The molecule has 17 heavy (non-hydrogen) atoms. The summed E-state index contributed by atoms with van der Waals surface area (Å²) in [5.74, 6) is 0. The molecule has 1 unspecified atom stereocenters. The van der Waals surface area contributed by atoms with Gasteiger partial charge in [0, 0.05) is 5.69 Å². The highest BCUT2D eigenvalue weighted by atomic mass is 32.2. The number of nitrogens with two attached hydrogens (primary N) is 1. The second-order valence-corrected chi connectivity index (χ2v) is 5.58. The van der Waals surface area contributed by atoms with Gasteiger partial charge in [0.15, 0.2) is 11.1 Å². The molecule has 0 saturated carbocycles. The first-order valence-electron chi connectivity index (χ1n) is 4.65. The maximum Gasteiger partial charge on any atom is 0.416 e. The van der Waals surface area contributed by atoms with Gasteiger partial charge in [-0.3, -0.25) is 0 Å². The summed E-state index contributed by atoms with van der Waals surface area (Å²) in [6, 6.07) is 2.75. The molecule has 0 spiro atoms. The van der Waals surface area contributed by atoms with E-state index in [2.05, 4.69) is 0 Å². The van der Waals surface area contributed by atoms with Crippen molar-refractivity contribution < 1.29 is 21.9 Å². The summed E-state index contributed by atoms with van der Waals surface area (Å²) in [4.78, 5) is 0. The van der Waals surface area contributed by atoms with Crippen molar-refractivity contribution >= 4 is 16.8 Å². The van der Waals surface area contributed by atoms with Crippen molar-refractivity contribution in [3.05, 3.63) is 29.3 Å². The Balaban J connectivity index is 3.29. The number of hydrogen-bond acceptors (Lipinski definition) is 2. The van der Waals surface area contributed by atoms with Gasteiger partial charge in [-0.2, -0.15) is 13.2 Å².